The second-order valence-electron chi connectivity index (χ2n) is 5.35. The van der Waals surface area contributed by atoms with E-state index in [1.807, 2.05) is 12.1 Å². The molecule has 1 aromatic carbocycles. The van der Waals surface area contributed by atoms with Crippen molar-refractivity contribution in [2.45, 2.75) is 38.1 Å². The number of hydrogen-bond donors (Lipinski definition) is 1. The SMILES string of the molecule is COc1ccc([C@H](N)C2CCCCC2)c(OC)c1OC. The molecule has 1 aliphatic carbocycles. The van der Waals surface area contributed by atoms with Crippen LogP contribution in [0.5, 0.6) is 17.2 Å². The predicted octanol–water partition coefficient (Wildman–Crippen LogP) is 3.29. The van der Waals surface area contributed by atoms with Crippen LogP contribution in [0.15, 0.2) is 12.1 Å². The average molecular weight is 279 g/mol. The Kier molecular flexibility index (Phi) is 5.12. The monoisotopic (exact) mass is 279 g/mol. The van der Waals surface area contributed by atoms with Gasteiger partial charge in [-0.05, 0) is 30.9 Å². The molecular formula is C16H25NO3. The van der Waals surface area contributed by atoms with Crippen molar-refractivity contribution in [2.24, 2.45) is 11.7 Å². The van der Waals surface area contributed by atoms with Gasteiger partial charge in [-0.2, -0.15) is 0 Å². The fourth-order valence-corrected chi connectivity index (χ4v) is 3.13. The largest absolute Gasteiger partial charge is 0.493 e. The lowest BCUT2D eigenvalue weighted by Crippen LogP contribution is -2.24. The van der Waals surface area contributed by atoms with Crippen molar-refractivity contribution in [3.8, 4) is 17.2 Å². The summed E-state index contributed by atoms with van der Waals surface area (Å²) in [6.45, 7) is 0. The molecule has 0 spiro atoms. The molecule has 2 N–H and O–H groups in total. The van der Waals surface area contributed by atoms with Crippen LogP contribution in [0.25, 0.3) is 0 Å². The van der Waals surface area contributed by atoms with Crippen LogP contribution >= 0.6 is 0 Å². The zero-order chi connectivity index (χ0) is 14.5. The zero-order valence-electron chi connectivity index (χ0n) is 12.6. The van der Waals surface area contributed by atoms with Crippen LogP contribution in [-0.2, 0) is 0 Å². The standard InChI is InChI=1S/C16H25NO3/c1-18-13-10-9-12(15(19-2)16(13)20-3)14(17)11-7-5-4-6-8-11/h9-11,14H,4-8,17H2,1-3H3/t14-/m1/s1. The molecule has 4 nitrogen and oxygen atoms in total. The van der Waals surface area contributed by atoms with Crippen molar-refractivity contribution in [3.63, 3.8) is 0 Å². The Bertz CT molecular complexity index is 442. The maximum Gasteiger partial charge on any atom is 0.203 e. The van der Waals surface area contributed by atoms with Crippen molar-refractivity contribution in [2.75, 3.05) is 21.3 Å². The Balaban J connectivity index is 2.34. The lowest BCUT2D eigenvalue weighted by molar-refractivity contribution is 0.291. The van der Waals surface area contributed by atoms with Crippen LogP contribution in [0, 0.1) is 5.92 Å². The maximum absolute atomic E-state index is 6.48. The highest BCUT2D eigenvalue weighted by Gasteiger charge is 2.27. The van der Waals surface area contributed by atoms with E-state index in [9.17, 15) is 0 Å². The van der Waals surface area contributed by atoms with Crippen molar-refractivity contribution in [1.82, 2.24) is 0 Å². The summed E-state index contributed by atoms with van der Waals surface area (Å²) in [4.78, 5) is 0. The number of nitrogens with two attached hydrogens (primary N) is 1. The maximum atomic E-state index is 6.48. The lowest BCUT2D eigenvalue weighted by atomic mass is 9.81. The molecule has 1 saturated carbocycles. The molecule has 4 heteroatoms. The molecule has 1 aliphatic rings. The molecule has 0 saturated heterocycles. The fourth-order valence-electron chi connectivity index (χ4n) is 3.13. The Hall–Kier alpha value is -1.42. The van der Waals surface area contributed by atoms with Crippen LogP contribution in [0.2, 0.25) is 0 Å². The summed E-state index contributed by atoms with van der Waals surface area (Å²) in [7, 11) is 4.89. The predicted molar refractivity (Wildman–Crippen MR) is 79.6 cm³/mol. The number of benzene rings is 1. The van der Waals surface area contributed by atoms with Crippen molar-refractivity contribution in [1.29, 1.82) is 0 Å². The molecule has 0 unspecified atom stereocenters. The Morgan fingerprint density at radius 3 is 2.15 bits per heavy atom. The average Bonchev–Trinajstić information content (AvgIpc) is 2.53. The van der Waals surface area contributed by atoms with Crippen LogP contribution < -0.4 is 19.9 Å². The summed E-state index contributed by atoms with van der Waals surface area (Å²) in [5, 5.41) is 0. The molecule has 0 aromatic heterocycles. The highest BCUT2D eigenvalue weighted by Crippen LogP contribution is 2.44. The highest BCUT2D eigenvalue weighted by atomic mass is 16.5. The second kappa shape index (κ2) is 6.84. The second-order valence-corrected chi connectivity index (χ2v) is 5.35. The smallest absolute Gasteiger partial charge is 0.203 e. The summed E-state index contributed by atoms with van der Waals surface area (Å²) < 4.78 is 16.3. The third kappa shape index (κ3) is 2.85. The topological polar surface area (TPSA) is 53.7 Å². The van der Waals surface area contributed by atoms with Gasteiger partial charge in [0.15, 0.2) is 11.5 Å². The number of ether oxygens (including phenoxy) is 3. The van der Waals surface area contributed by atoms with Gasteiger partial charge < -0.3 is 19.9 Å². The van der Waals surface area contributed by atoms with Gasteiger partial charge in [0, 0.05) is 11.6 Å². The van der Waals surface area contributed by atoms with Gasteiger partial charge in [-0.3, -0.25) is 0 Å². The number of rotatable bonds is 5. The van der Waals surface area contributed by atoms with E-state index in [1.165, 1.54) is 32.1 Å². The molecule has 20 heavy (non-hydrogen) atoms. The van der Waals surface area contributed by atoms with Crippen molar-refractivity contribution in [3.05, 3.63) is 17.7 Å². The zero-order valence-corrected chi connectivity index (χ0v) is 12.6. The van der Waals surface area contributed by atoms with Crippen molar-refractivity contribution >= 4 is 0 Å². The number of hydrogen-bond acceptors (Lipinski definition) is 4. The van der Waals surface area contributed by atoms with E-state index < -0.39 is 0 Å². The van der Waals surface area contributed by atoms with Gasteiger partial charge >= 0.3 is 0 Å². The normalized spacial score (nSPS) is 17.6. The van der Waals surface area contributed by atoms with Gasteiger partial charge in [-0.1, -0.05) is 19.3 Å². The van der Waals surface area contributed by atoms with E-state index >= 15 is 0 Å². The third-order valence-corrected chi connectivity index (χ3v) is 4.25. The van der Waals surface area contributed by atoms with Gasteiger partial charge in [-0.25, -0.2) is 0 Å². The lowest BCUT2D eigenvalue weighted by Gasteiger charge is -2.29. The molecule has 0 amide bonds. The Morgan fingerprint density at radius 2 is 1.60 bits per heavy atom. The molecule has 1 atom stereocenters. The highest BCUT2D eigenvalue weighted by molar-refractivity contribution is 5.56. The van der Waals surface area contributed by atoms with Gasteiger partial charge in [0.2, 0.25) is 5.75 Å². The van der Waals surface area contributed by atoms with Crippen LogP contribution in [0.1, 0.15) is 43.7 Å². The molecule has 1 aromatic rings. The first-order valence-corrected chi connectivity index (χ1v) is 7.27. The Labute approximate surface area is 121 Å². The minimum Gasteiger partial charge on any atom is -0.493 e. The quantitative estimate of drug-likeness (QED) is 0.898. The Morgan fingerprint density at radius 1 is 0.950 bits per heavy atom. The molecule has 1 fully saturated rings. The van der Waals surface area contributed by atoms with Crippen LogP contribution in [0.4, 0.5) is 0 Å². The first-order chi connectivity index (χ1) is 9.72. The summed E-state index contributed by atoms with van der Waals surface area (Å²) in [5.41, 5.74) is 7.50. The van der Waals surface area contributed by atoms with Gasteiger partial charge in [-0.15, -0.1) is 0 Å². The molecule has 0 aliphatic heterocycles. The van der Waals surface area contributed by atoms with Crippen LogP contribution in [-0.4, -0.2) is 21.3 Å². The first-order valence-electron chi connectivity index (χ1n) is 7.27. The van der Waals surface area contributed by atoms with Gasteiger partial charge in [0.25, 0.3) is 0 Å². The molecule has 0 bridgehead atoms. The third-order valence-electron chi connectivity index (χ3n) is 4.25. The van der Waals surface area contributed by atoms with E-state index in [-0.39, 0.29) is 6.04 Å². The molecule has 0 radical (unpaired) electrons. The van der Waals surface area contributed by atoms with Crippen LogP contribution in [0.3, 0.4) is 0 Å². The molecule has 0 heterocycles. The van der Waals surface area contributed by atoms with E-state index in [4.69, 9.17) is 19.9 Å². The van der Waals surface area contributed by atoms with Crippen molar-refractivity contribution < 1.29 is 14.2 Å². The molecular weight excluding hydrogens is 254 g/mol. The first kappa shape index (κ1) is 15.0. The summed E-state index contributed by atoms with van der Waals surface area (Å²) >= 11 is 0. The van der Waals surface area contributed by atoms with E-state index in [1.54, 1.807) is 21.3 Å². The van der Waals surface area contributed by atoms with Gasteiger partial charge in [0.05, 0.1) is 21.3 Å². The minimum absolute atomic E-state index is 0.00921. The summed E-state index contributed by atoms with van der Waals surface area (Å²) in [6, 6.07) is 3.89. The molecule has 112 valence electrons. The van der Waals surface area contributed by atoms with Gasteiger partial charge in [0.1, 0.15) is 0 Å². The number of methoxy groups -OCH3 is 3. The molecule has 2 rings (SSSR count). The fraction of sp³-hybridized carbons (Fsp3) is 0.625. The van der Waals surface area contributed by atoms with E-state index in [2.05, 4.69) is 0 Å². The summed E-state index contributed by atoms with van der Waals surface area (Å²) in [5.74, 6) is 2.52. The summed E-state index contributed by atoms with van der Waals surface area (Å²) in [6.07, 6.45) is 6.26. The minimum atomic E-state index is -0.00921. The van der Waals surface area contributed by atoms with E-state index in [0.717, 1.165) is 5.56 Å². The van der Waals surface area contributed by atoms with E-state index in [0.29, 0.717) is 23.2 Å².